The number of nitrogens with one attached hydrogen (secondary N) is 3. The van der Waals surface area contributed by atoms with Crippen molar-refractivity contribution >= 4 is 16.0 Å². The molecule has 1 heterocycles. The predicted octanol–water partition coefficient (Wildman–Crippen LogP) is 0.745. The summed E-state index contributed by atoms with van der Waals surface area (Å²) in [5.74, 6) is 1.32. The molecule has 2 fully saturated rings. The molecule has 2 aliphatic rings. The monoisotopic (exact) mass is 373 g/mol. The van der Waals surface area contributed by atoms with Crippen LogP contribution in [0.25, 0.3) is 0 Å². The average Bonchev–Trinajstić information content (AvgIpc) is 2.98. The zero-order chi connectivity index (χ0) is 18.1. The van der Waals surface area contributed by atoms with E-state index in [1.807, 2.05) is 6.92 Å². The Morgan fingerprint density at radius 2 is 1.96 bits per heavy atom. The van der Waals surface area contributed by atoms with Gasteiger partial charge in [-0.05, 0) is 51.6 Å². The minimum absolute atomic E-state index is 0.0780. The van der Waals surface area contributed by atoms with E-state index in [1.54, 1.807) is 0 Å². The van der Waals surface area contributed by atoms with Crippen molar-refractivity contribution in [2.24, 2.45) is 10.9 Å². The molecule has 0 amide bonds. The van der Waals surface area contributed by atoms with Crippen molar-refractivity contribution in [3.63, 3.8) is 0 Å². The first kappa shape index (κ1) is 20.5. The molecule has 8 heteroatoms. The van der Waals surface area contributed by atoms with E-state index in [9.17, 15) is 8.42 Å². The number of sulfonamides is 1. The molecule has 0 spiro atoms. The van der Waals surface area contributed by atoms with Gasteiger partial charge in [0.2, 0.25) is 10.0 Å². The third kappa shape index (κ3) is 7.11. The van der Waals surface area contributed by atoms with Gasteiger partial charge >= 0.3 is 0 Å². The van der Waals surface area contributed by atoms with Gasteiger partial charge in [-0.15, -0.1) is 0 Å². The lowest BCUT2D eigenvalue weighted by Gasteiger charge is -2.25. The van der Waals surface area contributed by atoms with Crippen molar-refractivity contribution in [3.05, 3.63) is 0 Å². The average molecular weight is 374 g/mol. The van der Waals surface area contributed by atoms with E-state index in [0.717, 1.165) is 39.0 Å². The van der Waals surface area contributed by atoms with Crippen LogP contribution in [0.4, 0.5) is 0 Å². The molecule has 2 rings (SSSR count). The zero-order valence-corrected chi connectivity index (χ0v) is 16.6. The highest BCUT2D eigenvalue weighted by atomic mass is 32.2. The largest absolute Gasteiger partial charge is 0.357 e. The topological polar surface area (TPSA) is 85.8 Å². The van der Waals surface area contributed by atoms with Gasteiger partial charge in [-0.25, -0.2) is 13.1 Å². The van der Waals surface area contributed by atoms with Crippen molar-refractivity contribution in [2.45, 2.75) is 52.0 Å². The highest BCUT2D eigenvalue weighted by Crippen LogP contribution is 2.25. The van der Waals surface area contributed by atoms with Crippen LogP contribution in [0.3, 0.4) is 0 Å². The van der Waals surface area contributed by atoms with E-state index in [1.165, 1.54) is 19.3 Å². The van der Waals surface area contributed by atoms with Crippen molar-refractivity contribution < 1.29 is 8.42 Å². The van der Waals surface area contributed by atoms with Crippen LogP contribution in [-0.2, 0) is 10.0 Å². The fraction of sp³-hybridized carbons (Fsp3) is 0.941. The minimum Gasteiger partial charge on any atom is -0.357 e. The van der Waals surface area contributed by atoms with Crippen LogP contribution in [0.1, 0.15) is 46.0 Å². The third-order valence-electron chi connectivity index (χ3n) is 5.19. The summed E-state index contributed by atoms with van der Waals surface area (Å²) in [5, 5.41) is 6.35. The Morgan fingerprint density at radius 3 is 2.60 bits per heavy atom. The smallest absolute Gasteiger partial charge is 0.213 e. The van der Waals surface area contributed by atoms with Gasteiger partial charge in [0.25, 0.3) is 0 Å². The Bertz CT molecular complexity index is 519. The van der Waals surface area contributed by atoms with Gasteiger partial charge < -0.3 is 10.6 Å². The summed E-state index contributed by atoms with van der Waals surface area (Å²) < 4.78 is 26.8. The molecule has 0 aromatic carbocycles. The van der Waals surface area contributed by atoms with Crippen LogP contribution in [-0.4, -0.2) is 70.3 Å². The van der Waals surface area contributed by atoms with E-state index in [0.29, 0.717) is 31.0 Å². The van der Waals surface area contributed by atoms with Crippen LogP contribution in [0.2, 0.25) is 0 Å². The second-order valence-electron chi connectivity index (χ2n) is 7.04. The SMILES string of the molecule is CCNC(=NCC1CCCN1CC)NCCS(=O)(=O)NCC1CCC1. The molecule has 0 radical (unpaired) electrons. The van der Waals surface area contributed by atoms with Crippen LogP contribution in [0.15, 0.2) is 4.99 Å². The second-order valence-corrected chi connectivity index (χ2v) is 8.96. The van der Waals surface area contributed by atoms with Gasteiger partial charge in [-0.3, -0.25) is 9.89 Å². The van der Waals surface area contributed by atoms with Gasteiger partial charge in [0.15, 0.2) is 5.96 Å². The summed E-state index contributed by atoms with van der Waals surface area (Å²) in [6.45, 7) is 8.91. The molecule has 0 bridgehead atoms. The van der Waals surface area contributed by atoms with Crippen LogP contribution < -0.4 is 15.4 Å². The quantitative estimate of drug-likeness (QED) is 0.389. The molecule has 7 nitrogen and oxygen atoms in total. The summed E-state index contributed by atoms with van der Waals surface area (Å²) in [5.41, 5.74) is 0. The highest BCUT2D eigenvalue weighted by Gasteiger charge is 2.22. The number of guanidine groups is 1. The first-order valence-electron chi connectivity index (χ1n) is 9.77. The van der Waals surface area contributed by atoms with Crippen molar-refractivity contribution in [2.75, 3.05) is 45.0 Å². The van der Waals surface area contributed by atoms with Gasteiger partial charge in [-0.1, -0.05) is 13.3 Å². The van der Waals surface area contributed by atoms with Gasteiger partial charge in [0.05, 0.1) is 12.3 Å². The molecule has 1 saturated heterocycles. The minimum atomic E-state index is -3.21. The maximum Gasteiger partial charge on any atom is 0.213 e. The van der Waals surface area contributed by atoms with Crippen molar-refractivity contribution in [3.8, 4) is 0 Å². The molecular weight excluding hydrogens is 338 g/mol. The maximum absolute atomic E-state index is 12.0. The first-order valence-corrected chi connectivity index (χ1v) is 11.4. The Kier molecular flexibility index (Phi) is 8.45. The van der Waals surface area contributed by atoms with Crippen LogP contribution in [0.5, 0.6) is 0 Å². The molecule has 25 heavy (non-hydrogen) atoms. The number of rotatable bonds is 10. The number of likely N-dealkylation sites (tertiary alicyclic amines) is 1. The van der Waals surface area contributed by atoms with E-state index >= 15 is 0 Å². The lowest BCUT2D eigenvalue weighted by Crippen LogP contribution is -2.42. The standard InChI is InChI=1S/C17H35N5O2S/c1-3-18-17(20-14-16-9-6-11-22(16)4-2)19-10-12-25(23,24)21-13-15-7-5-8-15/h15-16,21H,3-14H2,1-2H3,(H2,18,19,20). The third-order valence-corrected chi connectivity index (χ3v) is 6.54. The highest BCUT2D eigenvalue weighted by molar-refractivity contribution is 7.89. The molecule has 3 N–H and O–H groups in total. The lowest BCUT2D eigenvalue weighted by atomic mass is 9.86. The van der Waals surface area contributed by atoms with Gasteiger partial charge in [0, 0.05) is 25.7 Å². The van der Waals surface area contributed by atoms with E-state index in [-0.39, 0.29) is 5.75 Å². The molecule has 1 unspecified atom stereocenters. The second kappa shape index (κ2) is 10.3. The van der Waals surface area contributed by atoms with Crippen molar-refractivity contribution in [1.82, 2.24) is 20.3 Å². The van der Waals surface area contributed by atoms with E-state index < -0.39 is 10.0 Å². The maximum atomic E-state index is 12.0. The Morgan fingerprint density at radius 1 is 1.16 bits per heavy atom. The summed E-state index contributed by atoms with van der Waals surface area (Å²) >= 11 is 0. The lowest BCUT2D eigenvalue weighted by molar-refractivity contribution is 0.273. The molecular formula is C17H35N5O2S. The summed E-state index contributed by atoms with van der Waals surface area (Å²) in [6, 6.07) is 0.508. The molecule has 1 aliphatic carbocycles. The fourth-order valence-electron chi connectivity index (χ4n) is 3.37. The zero-order valence-electron chi connectivity index (χ0n) is 15.8. The molecule has 0 aromatic heterocycles. The summed E-state index contributed by atoms with van der Waals surface area (Å²) in [6.07, 6.45) is 5.95. The Hall–Kier alpha value is -0.860. The van der Waals surface area contributed by atoms with E-state index in [4.69, 9.17) is 0 Å². The molecule has 1 saturated carbocycles. The number of hydrogen-bond donors (Lipinski definition) is 3. The number of nitrogens with zero attached hydrogens (tertiary/aromatic N) is 2. The Balaban J connectivity index is 1.73. The number of hydrogen-bond acceptors (Lipinski definition) is 4. The summed E-state index contributed by atoms with van der Waals surface area (Å²) in [7, 11) is -3.21. The van der Waals surface area contributed by atoms with Gasteiger partial charge in [0.1, 0.15) is 0 Å². The fourth-order valence-corrected chi connectivity index (χ4v) is 4.38. The van der Waals surface area contributed by atoms with Gasteiger partial charge in [-0.2, -0.15) is 0 Å². The Labute approximate surface area is 153 Å². The van der Waals surface area contributed by atoms with Crippen molar-refractivity contribution in [1.29, 1.82) is 0 Å². The predicted molar refractivity (Wildman–Crippen MR) is 103 cm³/mol. The molecule has 146 valence electrons. The van der Waals surface area contributed by atoms with E-state index in [2.05, 4.69) is 32.2 Å². The molecule has 1 atom stereocenters. The number of likely N-dealkylation sites (N-methyl/N-ethyl adjacent to an activating group) is 1. The molecule has 0 aromatic rings. The molecule has 1 aliphatic heterocycles. The van der Waals surface area contributed by atoms with Crippen LogP contribution >= 0.6 is 0 Å². The van der Waals surface area contributed by atoms with Crippen LogP contribution in [0, 0.1) is 5.92 Å². The first-order chi connectivity index (χ1) is 12.0. The summed E-state index contributed by atoms with van der Waals surface area (Å²) in [4.78, 5) is 7.11. The normalized spacial score (nSPS) is 22.8. The number of aliphatic imine (C=N–C) groups is 1.